The van der Waals surface area contributed by atoms with Crippen LogP contribution < -0.4 is 20.7 Å². The number of rotatable bonds is 9. The summed E-state index contributed by atoms with van der Waals surface area (Å²) in [4.78, 5) is 16.4. The van der Waals surface area contributed by atoms with Crippen LogP contribution in [-0.4, -0.2) is 37.1 Å². The van der Waals surface area contributed by atoms with E-state index in [-0.39, 0.29) is 12.5 Å². The third-order valence-electron chi connectivity index (χ3n) is 4.34. The van der Waals surface area contributed by atoms with Gasteiger partial charge in [0.15, 0.2) is 12.6 Å². The van der Waals surface area contributed by atoms with E-state index in [1.54, 1.807) is 0 Å². The Balaban J connectivity index is 1.89. The number of nitrogens with one attached hydrogen (secondary N) is 3. The number of ether oxygens (including phenoxy) is 1. The van der Waals surface area contributed by atoms with Gasteiger partial charge >= 0.3 is 0 Å². The highest BCUT2D eigenvalue weighted by atomic mass is 16.5. The summed E-state index contributed by atoms with van der Waals surface area (Å²) in [5.74, 6) is 1.97. The highest BCUT2D eigenvalue weighted by molar-refractivity contribution is 5.80. The molecule has 1 aliphatic rings. The van der Waals surface area contributed by atoms with Crippen LogP contribution in [0.5, 0.6) is 5.75 Å². The molecule has 2 rings (SSSR count). The standard InChI is InChI=1S/C20H32N4O2/c1-5-21-20(23-15(4)14(2)3)22-12-16-7-6-8-18(11-16)26-13-19(25)24-17-9-10-17/h6-8,11,14-15,17H,5,9-10,12-13H2,1-4H3,(H,24,25)(H2,21,22,23). The van der Waals surface area contributed by atoms with Gasteiger partial charge in [-0.05, 0) is 50.3 Å². The second kappa shape index (κ2) is 10.0. The minimum atomic E-state index is -0.0581. The molecule has 26 heavy (non-hydrogen) atoms. The number of carbonyl (C=O) groups is 1. The zero-order chi connectivity index (χ0) is 18.9. The van der Waals surface area contributed by atoms with Crippen LogP contribution in [0.1, 0.15) is 46.1 Å². The molecule has 0 radical (unpaired) electrons. The first-order valence-electron chi connectivity index (χ1n) is 9.54. The molecular weight excluding hydrogens is 328 g/mol. The van der Waals surface area contributed by atoms with Crippen LogP contribution in [0.3, 0.4) is 0 Å². The smallest absolute Gasteiger partial charge is 0.258 e. The van der Waals surface area contributed by atoms with Crippen molar-refractivity contribution in [3.63, 3.8) is 0 Å². The molecule has 0 heterocycles. The van der Waals surface area contributed by atoms with Crippen molar-refractivity contribution in [2.75, 3.05) is 13.2 Å². The summed E-state index contributed by atoms with van der Waals surface area (Å²) in [5.41, 5.74) is 1.04. The number of guanidine groups is 1. The van der Waals surface area contributed by atoms with Gasteiger partial charge < -0.3 is 20.7 Å². The van der Waals surface area contributed by atoms with Crippen LogP contribution in [0.15, 0.2) is 29.3 Å². The molecule has 1 aromatic carbocycles. The molecule has 6 heteroatoms. The van der Waals surface area contributed by atoms with Crippen molar-refractivity contribution in [3.8, 4) is 5.75 Å². The van der Waals surface area contributed by atoms with E-state index in [2.05, 4.69) is 48.6 Å². The second-order valence-electron chi connectivity index (χ2n) is 7.15. The van der Waals surface area contributed by atoms with Crippen molar-refractivity contribution in [2.24, 2.45) is 10.9 Å². The van der Waals surface area contributed by atoms with Crippen molar-refractivity contribution in [1.82, 2.24) is 16.0 Å². The topological polar surface area (TPSA) is 74.8 Å². The summed E-state index contributed by atoms with van der Waals surface area (Å²) in [6.07, 6.45) is 2.16. The highest BCUT2D eigenvalue weighted by Crippen LogP contribution is 2.18. The molecule has 6 nitrogen and oxygen atoms in total. The van der Waals surface area contributed by atoms with Gasteiger partial charge in [0.2, 0.25) is 0 Å². The molecule has 1 fully saturated rings. The van der Waals surface area contributed by atoms with Crippen molar-refractivity contribution in [1.29, 1.82) is 0 Å². The van der Waals surface area contributed by atoms with Crippen molar-refractivity contribution < 1.29 is 9.53 Å². The van der Waals surface area contributed by atoms with E-state index in [9.17, 15) is 4.79 Å². The van der Waals surface area contributed by atoms with Gasteiger partial charge in [0.1, 0.15) is 5.75 Å². The van der Waals surface area contributed by atoms with E-state index in [0.29, 0.717) is 30.3 Å². The number of benzene rings is 1. The van der Waals surface area contributed by atoms with E-state index < -0.39 is 0 Å². The molecule has 0 bridgehead atoms. The second-order valence-corrected chi connectivity index (χ2v) is 7.15. The number of aliphatic imine (C=N–C) groups is 1. The lowest BCUT2D eigenvalue weighted by atomic mass is 10.1. The third kappa shape index (κ3) is 7.33. The van der Waals surface area contributed by atoms with E-state index in [1.165, 1.54) is 0 Å². The fourth-order valence-electron chi connectivity index (χ4n) is 2.25. The molecule has 1 saturated carbocycles. The lowest BCUT2D eigenvalue weighted by Gasteiger charge is -2.20. The Morgan fingerprint density at radius 1 is 1.31 bits per heavy atom. The molecule has 1 aromatic rings. The summed E-state index contributed by atoms with van der Waals surface area (Å²) in [5, 5.41) is 9.61. The molecule has 1 unspecified atom stereocenters. The van der Waals surface area contributed by atoms with E-state index in [4.69, 9.17) is 4.74 Å². The third-order valence-corrected chi connectivity index (χ3v) is 4.34. The molecular formula is C20H32N4O2. The summed E-state index contributed by atoms with van der Waals surface area (Å²) in [6.45, 7) is 9.99. The van der Waals surface area contributed by atoms with Gasteiger partial charge in [0.25, 0.3) is 5.91 Å². The average molecular weight is 361 g/mol. The molecule has 144 valence electrons. The first kappa shape index (κ1) is 20.1. The fraction of sp³-hybridized carbons (Fsp3) is 0.600. The molecule has 0 aliphatic heterocycles. The molecule has 1 amide bonds. The Labute approximate surface area is 156 Å². The SMILES string of the molecule is CCNC(=NCc1cccc(OCC(=O)NC2CC2)c1)NC(C)C(C)C. The first-order valence-corrected chi connectivity index (χ1v) is 9.54. The van der Waals surface area contributed by atoms with Gasteiger partial charge in [-0.15, -0.1) is 0 Å². The highest BCUT2D eigenvalue weighted by Gasteiger charge is 2.23. The maximum atomic E-state index is 11.7. The molecule has 1 atom stereocenters. The molecule has 0 saturated heterocycles. The lowest BCUT2D eigenvalue weighted by molar-refractivity contribution is -0.123. The van der Waals surface area contributed by atoms with Gasteiger partial charge in [0.05, 0.1) is 6.54 Å². The van der Waals surface area contributed by atoms with E-state index in [0.717, 1.165) is 30.9 Å². The van der Waals surface area contributed by atoms with Crippen LogP contribution in [-0.2, 0) is 11.3 Å². The average Bonchev–Trinajstić information content (AvgIpc) is 3.42. The predicted octanol–water partition coefficient (Wildman–Crippen LogP) is 2.44. The van der Waals surface area contributed by atoms with E-state index >= 15 is 0 Å². The number of carbonyl (C=O) groups excluding carboxylic acids is 1. The Morgan fingerprint density at radius 3 is 2.73 bits per heavy atom. The van der Waals surface area contributed by atoms with E-state index in [1.807, 2.05) is 24.3 Å². The van der Waals surface area contributed by atoms with Crippen molar-refractivity contribution in [2.45, 2.75) is 59.2 Å². The maximum absolute atomic E-state index is 11.7. The van der Waals surface area contributed by atoms with Crippen LogP contribution >= 0.6 is 0 Å². The van der Waals surface area contributed by atoms with Crippen LogP contribution in [0.4, 0.5) is 0 Å². The number of nitrogens with zero attached hydrogens (tertiary/aromatic N) is 1. The van der Waals surface area contributed by atoms with Crippen molar-refractivity contribution >= 4 is 11.9 Å². The summed E-state index contributed by atoms with van der Waals surface area (Å²) in [6, 6.07) is 8.43. The minimum absolute atomic E-state index is 0.0549. The van der Waals surface area contributed by atoms with Gasteiger partial charge in [-0.25, -0.2) is 4.99 Å². The molecule has 0 aromatic heterocycles. The van der Waals surface area contributed by atoms with Gasteiger partial charge in [0, 0.05) is 18.6 Å². The number of amides is 1. The molecule has 1 aliphatic carbocycles. The number of hydrogen-bond donors (Lipinski definition) is 3. The maximum Gasteiger partial charge on any atom is 0.258 e. The predicted molar refractivity (Wildman–Crippen MR) is 105 cm³/mol. The summed E-state index contributed by atoms with van der Waals surface area (Å²) in [7, 11) is 0. The van der Waals surface area contributed by atoms with Gasteiger partial charge in [-0.2, -0.15) is 0 Å². The Kier molecular flexibility index (Phi) is 7.75. The summed E-state index contributed by atoms with van der Waals surface area (Å²) < 4.78 is 5.60. The zero-order valence-corrected chi connectivity index (χ0v) is 16.3. The zero-order valence-electron chi connectivity index (χ0n) is 16.3. The Bertz CT molecular complexity index is 612. The minimum Gasteiger partial charge on any atom is -0.484 e. The fourth-order valence-corrected chi connectivity index (χ4v) is 2.25. The Hall–Kier alpha value is -2.24. The van der Waals surface area contributed by atoms with Crippen LogP contribution in [0, 0.1) is 5.92 Å². The molecule has 3 N–H and O–H groups in total. The van der Waals surface area contributed by atoms with Gasteiger partial charge in [-0.3, -0.25) is 4.79 Å². The quantitative estimate of drug-likeness (QED) is 0.467. The largest absolute Gasteiger partial charge is 0.484 e. The number of hydrogen-bond acceptors (Lipinski definition) is 3. The molecule has 0 spiro atoms. The van der Waals surface area contributed by atoms with Gasteiger partial charge in [-0.1, -0.05) is 26.0 Å². The van der Waals surface area contributed by atoms with Crippen molar-refractivity contribution in [3.05, 3.63) is 29.8 Å². The van der Waals surface area contributed by atoms with Crippen LogP contribution in [0.2, 0.25) is 0 Å². The lowest BCUT2D eigenvalue weighted by Crippen LogP contribution is -2.44. The normalized spacial score (nSPS) is 15.5. The first-order chi connectivity index (χ1) is 12.5. The summed E-state index contributed by atoms with van der Waals surface area (Å²) >= 11 is 0. The van der Waals surface area contributed by atoms with Crippen LogP contribution in [0.25, 0.3) is 0 Å². The Morgan fingerprint density at radius 2 is 2.08 bits per heavy atom. The monoisotopic (exact) mass is 360 g/mol.